The molecule has 0 spiro atoms. The van der Waals surface area contributed by atoms with Crippen molar-refractivity contribution in [2.45, 2.75) is 0 Å². The second-order valence-corrected chi connectivity index (χ2v) is 13.4. The number of hydrogen-bond donors (Lipinski definition) is 0. The molecule has 0 saturated carbocycles. The molecular formula is C50H33NO. The highest BCUT2D eigenvalue weighted by atomic mass is 16.3. The van der Waals surface area contributed by atoms with Crippen LogP contribution in [0.15, 0.2) is 205 Å². The second-order valence-electron chi connectivity index (χ2n) is 13.4. The van der Waals surface area contributed by atoms with Crippen molar-refractivity contribution in [1.82, 2.24) is 0 Å². The topological polar surface area (TPSA) is 16.4 Å². The third kappa shape index (κ3) is 5.39. The summed E-state index contributed by atoms with van der Waals surface area (Å²) >= 11 is 0. The summed E-state index contributed by atoms with van der Waals surface area (Å²) in [7, 11) is 0. The van der Waals surface area contributed by atoms with Crippen LogP contribution >= 0.6 is 0 Å². The zero-order valence-electron chi connectivity index (χ0n) is 28.4. The van der Waals surface area contributed by atoms with Crippen molar-refractivity contribution >= 4 is 60.5 Å². The van der Waals surface area contributed by atoms with Crippen LogP contribution in [-0.2, 0) is 0 Å². The number of rotatable bonds is 6. The molecule has 0 bridgehead atoms. The van der Waals surface area contributed by atoms with Crippen LogP contribution in [0.4, 0.5) is 17.1 Å². The van der Waals surface area contributed by atoms with Crippen LogP contribution in [-0.4, -0.2) is 0 Å². The van der Waals surface area contributed by atoms with Gasteiger partial charge in [-0.05, 0) is 122 Å². The Morgan fingerprint density at radius 3 is 1.56 bits per heavy atom. The Kier molecular flexibility index (Phi) is 7.18. The van der Waals surface area contributed by atoms with E-state index >= 15 is 0 Å². The van der Waals surface area contributed by atoms with Gasteiger partial charge in [0, 0.05) is 27.8 Å². The molecule has 0 fully saturated rings. The predicted molar refractivity (Wildman–Crippen MR) is 220 cm³/mol. The van der Waals surface area contributed by atoms with Gasteiger partial charge in [0.05, 0.1) is 0 Å². The van der Waals surface area contributed by atoms with Crippen molar-refractivity contribution in [2.75, 3.05) is 4.90 Å². The highest BCUT2D eigenvalue weighted by Crippen LogP contribution is 2.39. The first-order valence-corrected chi connectivity index (χ1v) is 17.7. The summed E-state index contributed by atoms with van der Waals surface area (Å²) < 4.78 is 6.16. The van der Waals surface area contributed by atoms with Crippen LogP contribution in [0.25, 0.3) is 76.9 Å². The molecule has 0 amide bonds. The molecule has 0 aliphatic rings. The smallest absolute Gasteiger partial charge is 0.136 e. The third-order valence-corrected chi connectivity index (χ3v) is 10.2. The summed E-state index contributed by atoms with van der Waals surface area (Å²) in [5.41, 5.74) is 12.3. The average Bonchev–Trinajstić information content (AvgIpc) is 3.58. The van der Waals surface area contributed by atoms with Crippen LogP contribution in [0, 0.1) is 0 Å². The molecule has 0 aliphatic heterocycles. The molecule has 2 heteroatoms. The van der Waals surface area contributed by atoms with Gasteiger partial charge in [0.1, 0.15) is 11.2 Å². The van der Waals surface area contributed by atoms with E-state index in [1.165, 1.54) is 54.9 Å². The summed E-state index contributed by atoms with van der Waals surface area (Å²) in [6.07, 6.45) is 0. The van der Waals surface area contributed by atoms with Gasteiger partial charge in [0.25, 0.3) is 0 Å². The molecule has 9 aromatic carbocycles. The Labute approximate surface area is 302 Å². The van der Waals surface area contributed by atoms with E-state index < -0.39 is 0 Å². The minimum atomic E-state index is 0.922. The predicted octanol–water partition coefficient (Wildman–Crippen LogP) is 14.4. The summed E-state index contributed by atoms with van der Waals surface area (Å²) in [4.78, 5) is 2.35. The zero-order valence-corrected chi connectivity index (χ0v) is 28.4. The van der Waals surface area contributed by atoms with E-state index in [1.807, 2.05) is 12.1 Å². The van der Waals surface area contributed by atoms with Crippen LogP contribution in [0.2, 0.25) is 0 Å². The first-order valence-electron chi connectivity index (χ1n) is 17.7. The third-order valence-electron chi connectivity index (χ3n) is 10.2. The van der Waals surface area contributed by atoms with Gasteiger partial charge in [-0.15, -0.1) is 0 Å². The van der Waals surface area contributed by atoms with Crippen LogP contribution < -0.4 is 4.90 Å². The lowest BCUT2D eigenvalue weighted by molar-refractivity contribution is 0.669. The fourth-order valence-electron chi connectivity index (χ4n) is 7.53. The Bertz CT molecular complexity index is 2890. The van der Waals surface area contributed by atoms with Gasteiger partial charge >= 0.3 is 0 Å². The van der Waals surface area contributed by atoms with Crippen molar-refractivity contribution in [3.63, 3.8) is 0 Å². The van der Waals surface area contributed by atoms with Crippen molar-refractivity contribution in [2.24, 2.45) is 0 Å². The molecule has 0 N–H and O–H groups in total. The maximum absolute atomic E-state index is 6.16. The molecule has 0 saturated heterocycles. The largest absolute Gasteiger partial charge is 0.456 e. The molecule has 0 aliphatic carbocycles. The number of para-hydroxylation sites is 1. The normalized spacial score (nSPS) is 11.5. The van der Waals surface area contributed by atoms with Gasteiger partial charge < -0.3 is 9.32 Å². The molecule has 0 atom stereocenters. The number of hydrogen-bond acceptors (Lipinski definition) is 2. The number of furan rings is 1. The van der Waals surface area contributed by atoms with Crippen molar-refractivity contribution in [1.29, 1.82) is 0 Å². The van der Waals surface area contributed by atoms with E-state index in [0.717, 1.165) is 39.0 Å². The van der Waals surface area contributed by atoms with Gasteiger partial charge in [-0.1, -0.05) is 133 Å². The van der Waals surface area contributed by atoms with E-state index in [2.05, 4.69) is 193 Å². The molecular weight excluding hydrogens is 631 g/mol. The van der Waals surface area contributed by atoms with E-state index in [-0.39, 0.29) is 0 Å². The fourth-order valence-corrected chi connectivity index (χ4v) is 7.53. The Morgan fingerprint density at radius 1 is 0.269 bits per heavy atom. The molecule has 1 heterocycles. The van der Waals surface area contributed by atoms with Crippen LogP contribution in [0.5, 0.6) is 0 Å². The first-order chi connectivity index (χ1) is 25.7. The van der Waals surface area contributed by atoms with Crippen molar-refractivity contribution in [3.05, 3.63) is 200 Å². The molecule has 10 aromatic rings. The van der Waals surface area contributed by atoms with Gasteiger partial charge in [-0.2, -0.15) is 0 Å². The van der Waals surface area contributed by atoms with Crippen LogP contribution in [0.1, 0.15) is 0 Å². The zero-order chi connectivity index (χ0) is 34.4. The Hall–Kier alpha value is -6.90. The monoisotopic (exact) mass is 663 g/mol. The van der Waals surface area contributed by atoms with Crippen LogP contribution in [0.3, 0.4) is 0 Å². The fraction of sp³-hybridized carbons (Fsp3) is 0. The minimum absolute atomic E-state index is 0.922. The van der Waals surface area contributed by atoms with E-state index in [1.54, 1.807) is 0 Å². The Balaban J connectivity index is 1.03. The van der Waals surface area contributed by atoms with Crippen molar-refractivity contribution < 1.29 is 4.42 Å². The average molecular weight is 664 g/mol. The van der Waals surface area contributed by atoms with Gasteiger partial charge in [0.15, 0.2) is 0 Å². The Morgan fingerprint density at radius 2 is 0.808 bits per heavy atom. The van der Waals surface area contributed by atoms with E-state index in [4.69, 9.17) is 4.42 Å². The number of fused-ring (bicyclic) bond motifs is 5. The standard InChI is InChI=1S/C50H33NO/c1-2-9-34(10-3-1)39-13-8-14-46(31-39)51(44-25-21-36(22-26-44)40-18-17-35-11-4-5-12-38(35)29-40)45-27-23-37(24-28-45)41-19-20-42-33-50-48(32-43(42)30-41)47-15-6-7-16-49(47)52-50/h1-33H. The minimum Gasteiger partial charge on any atom is -0.456 e. The lowest BCUT2D eigenvalue weighted by Crippen LogP contribution is -2.10. The number of nitrogens with zero attached hydrogens (tertiary/aromatic N) is 1. The van der Waals surface area contributed by atoms with Gasteiger partial charge in [-0.25, -0.2) is 0 Å². The summed E-state index contributed by atoms with van der Waals surface area (Å²) in [5, 5.41) is 7.17. The summed E-state index contributed by atoms with van der Waals surface area (Å²) in [6, 6.07) is 71.9. The highest BCUT2D eigenvalue weighted by Gasteiger charge is 2.15. The number of anilines is 3. The summed E-state index contributed by atoms with van der Waals surface area (Å²) in [6.45, 7) is 0. The summed E-state index contributed by atoms with van der Waals surface area (Å²) in [5.74, 6) is 0. The molecule has 52 heavy (non-hydrogen) atoms. The lowest BCUT2D eigenvalue weighted by Gasteiger charge is -2.26. The maximum atomic E-state index is 6.16. The van der Waals surface area contributed by atoms with Crippen molar-refractivity contribution in [3.8, 4) is 33.4 Å². The highest BCUT2D eigenvalue weighted by molar-refractivity contribution is 6.10. The SMILES string of the molecule is c1ccc(-c2cccc(N(c3ccc(-c4ccc5ccccc5c4)cc3)c3ccc(-c4ccc5cc6oc7ccccc7c6cc5c4)cc3)c2)cc1. The maximum Gasteiger partial charge on any atom is 0.136 e. The molecule has 1 aromatic heterocycles. The lowest BCUT2D eigenvalue weighted by atomic mass is 9.99. The molecule has 0 unspecified atom stereocenters. The molecule has 10 rings (SSSR count). The van der Waals surface area contributed by atoms with E-state index in [0.29, 0.717) is 0 Å². The van der Waals surface area contributed by atoms with Gasteiger partial charge in [0.2, 0.25) is 0 Å². The second kappa shape index (κ2) is 12.5. The first kappa shape index (κ1) is 30.0. The molecule has 0 radical (unpaired) electrons. The van der Waals surface area contributed by atoms with E-state index in [9.17, 15) is 0 Å². The number of benzene rings is 9. The molecule has 244 valence electrons. The van der Waals surface area contributed by atoms with Gasteiger partial charge in [-0.3, -0.25) is 0 Å². The molecule has 2 nitrogen and oxygen atoms in total. The quantitative estimate of drug-likeness (QED) is 0.176.